The molecule has 0 amide bonds. The lowest BCUT2D eigenvalue weighted by molar-refractivity contribution is 0.0578. The minimum absolute atomic E-state index is 0.605. The summed E-state index contributed by atoms with van der Waals surface area (Å²) in [7, 11) is 0. The molecule has 1 nitrogen and oxygen atoms in total. The Balaban J connectivity index is 2.91. The van der Waals surface area contributed by atoms with Crippen LogP contribution in [0.25, 0.3) is 0 Å². The zero-order valence-electron chi connectivity index (χ0n) is 8.55. The van der Waals surface area contributed by atoms with Gasteiger partial charge in [-0.15, -0.1) is 6.58 Å². The molecular weight excluding hydrogens is 287 g/mol. The molecule has 0 fully saturated rings. The molecular formula is C12H15IO. The molecule has 0 saturated heterocycles. The molecule has 0 saturated carbocycles. The van der Waals surface area contributed by atoms with Crippen LogP contribution >= 0.6 is 22.6 Å². The second kappa shape index (κ2) is 4.45. The predicted octanol–water partition coefficient (Wildman–Crippen LogP) is 3.46. The van der Waals surface area contributed by atoms with E-state index in [1.165, 1.54) is 3.57 Å². The molecule has 0 heterocycles. The Morgan fingerprint density at radius 1 is 1.43 bits per heavy atom. The number of hydrogen-bond acceptors (Lipinski definition) is 1. The van der Waals surface area contributed by atoms with E-state index in [2.05, 4.69) is 29.2 Å². The molecule has 0 aliphatic carbocycles. The van der Waals surface area contributed by atoms with Crippen LogP contribution in [0.3, 0.4) is 0 Å². The van der Waals surface area contributed by atoms with E-state index in [0.717, 1.165) is 11.1 Å². The monoisotopic (exact) mass is 302 g/mol. The number of hydrogen-bond donors (Lipinski definition) is 1. The summed E-state index contributed by atoms with van der Waals surface area (Å²) in [5.41, 5.74) is 1.14. The van der Waals surface area contributed by atoms with Crippen molar-refractivity contribution in [1.82, 2.24) is 0 Å². The molecule has 0 aromatic heterocycles. The van der Waals surface area contributed by atoms with Gasteiger partial charge in [0.2, 0.25) is 0 Å². The van der Waals surface area contributed by atoms with E-state index in [1.54, 1.807) is 0 Å². The standard InChI is InChI=1S/C12H15IO/c1-9(2)8-12(3,14)10-4-6-11(13)7-5-10/h4-7,14H,1,8H2,2-3H3. The van der Waals surface area contributed by atoms with E-state index in [9.17, 15) is 5.11 Å². The van der Waals surface area contributed by atoms with E-state index < -0.39 is 5.60 Å². The van der Waals surface area contributed by atoms with Gasteiger partial charge in [-0.25, -0.2) is 0 Å². The van der Waals surface area contributed by atoms with Crippen molar-refractivity contribution in [3.63, 3.8) is 0 Å². The van der Waals surface area contributed by atoms with Crippen LogP contribution in [-0.4, -0.2) is 5.11 Å². The highest BCUT2D eigenvalue weighted by atomic mass is 127. The van der Waals surface area contributed by atoms with Gasteiger partial charge < -0.3 is 5.11 Å². The van der Waals surface area contributed by atoms with Crippen molar-refractivity contribution in [1.29, 1.82) is 0 Å². The Morgan fingerprint density at radius 3 is 2.36 bits per heavy atom. The van der Waals surface area contributed by atoms with E-state index in [4.69, 9.17) is 0 Å². The van der Waals surface area contributed by atoms with Crippen molar-refractivity contribution in [2.45, 2.75) is 25.9 Å². The molecule has 1 unspecified atom stereocenters. The maximum Gasteiger partial charge on any atom is 0.0905 e. The fraction of sp³-hybridized carbons (Fsp3) is 0.333. The molecule has 0 bridgehead atoms. The van der Waals surface area contributed by atoms with Crippen molar-refractivity contribution >= 4 is 22.6 Å². The van der Waals surface area contributed by atoms with Crippen LogP contribution in [0.1, 0.15) is 25.8 Å². The lowest BCUT2D eigenvalue weighted by Gasteiger charge is -2.24. The Labute approximate surface area is 99.0 Å². The van der Waals surface area contributed by atoms with Crippen LogP contribution in [-0.2, 0) is 5.60 Å². The molecule has 1 aromatic carbocycles. The largest absolute Gasteiger partial charge is 0.385 e. The highest BCUT2D eigenvalue weighted by Crippen LogP contribution is 2.27. The van der Waals surface area contributed by atoms with Gasteiger partial charge in [0.1, 0.15) is 0 Å². The zero-order valence-corrected chi connectivity index (χ0v) is 10.7. The first-order valence-corrected chi connectivity index (χ1v) is 5.62. The Hall–Kier alpha value is -0.350. The van der Waals surface area contributed by atoms with Crippen molar-refractivity contribution in [3.8, 4) is 0 Å². The predicted molar refractivity (Wildman–Crippen MR) is 68.2 cm³/mol. The third-order valence-corrected chi connectivity index (χ3v) is 2.83. The van der Waals surface area contributed by atoms with Gasteiger partial charge in [-0.1, -0.05) is 17.7 Å². The lowest BCUT2D eigenvalue weighted by atomic mass is 9.90. The molecule has 0 spiro atoms. The average molecular weight is 302 g/mol. The summed E-state index contributed by atoms with van der Waals surface area (Å²) < 4.78 is 1.18. The smallest absolute Gasteiger partial charge is 0.0905 e. The first-order valence-electron chi connectivity index (χ1n) is 4.54. The van der Waals surface area contributed by atoms with E-state index in [-0.39, 0.29) is 0 Å². The Morgan fingerprint density at radius 2 is 1.93 bits per heavy atom. The van der Waals surface area contributed by atoms with E-state index in [0.29, 0.717) is 6.42 Å². The van der Waals surface area contributed by atoms with Crippen molar-refractivity contribution in [2.75, 3.05) is 0 Å². The van der Waals surface area contributed by atoms with Gasteiger partial charge in [0.15, 0.2) is 0 Å². The molecule has 1 atom stereocenters. The molecule has 0 radical (unpaired) electrons. The summed E-state index contributed by atoms with van der Waals surface area (Å²) in [5, 5.41) is 10.2. The zero-order chi connectivity index (χ0) is 10.8. The van der Waals surface area contributed by atoms with Crippen molar-refractivity contribution in [2.24, 2.45) is 0 Å². The van der Waals surface area contributed by atoms with Crippen LogP contribution in [0.15, 0.2) is 36.4 Å². The van der Waals surface area contributed by atoms with E-state index >= 15 is 0 Å². The second-order valence-corrected chi connectivity index (χ2v) is 5.16. The van der Waals surface area contributed by atoms with Crippen LogP contribution < -0.4 is 0 Å². The van der Waals surface area contributed by atoms with Gasteiger partial charge >= 0.3 is 0 Å². The molecule has 1 aromatic rings. The number of rotatable bonds is 3. The quantitative estimate of drug-likeness (QED) is 0.669. The minimum Gasteiger partial charge on any atom is -0.385 e. The third kappa shape index (κ3) is 3.10. The van der Waals surface area contributed by atoms with Gasteiger partial charge in [-0.2, -0.15) is 0 Å². The second-order valence-electron chi connectivity index (χ2n) is 3.91. The SMILES string of the molecule is C=C(C)CC(C)(O)c1ccc(I)cc1. The summed E-state index contributed by atoms with van der Waals surface area (Å²) >= 11 is 2.25. The normalized spacial score (nSPS) is 14.9. The molecule has 1 rings (SSSR count). The van der Waals surface area contributed by atoms with Gasteiger partial charge in [0.05, 0.1) is 5.60 Å². The highest BCUT2D eigenvalue weighted by molar-refractivity contribution is 14.1. The van der Waals surface area contributed by atoms with E-state index in [1.807, 2.05) is 38.1 Å². The van der Waals surface area contributed by atoms with Crippen LogP contribution in [0.2, 0.25) is 0 Å². The topological polar surface area (TPSA) is 20.2 Å². The molecule has 14 heavy (non-hydrogen) atoms. The molecule has 0 aliphatic rings. The summed E-state index contributed by atoms with van der Waals surface area (Å²) in [5.74, 6) is 0. The molecule has 76 valence electrons. The summed E-state index contributed by atoms with van der Waals surface area (Å²) in [6.07, 6.45) is 0.605. The first kappa shape index (κ1) is 11.7. The molecule has 1 N–H and O–H groups in total. The number of aliphatic hydroxyl groups is 1. The molecule has 0 aliphatic heterocycles. The lowest BCUT2D eigenvalue weighted by Crippen LogP contribution is -2.21. The number of halogens is 1. The fourth-order valence-corrected chi connectivity index (χ4v) is 1.86. The summed E-state index contributed by atoms with van der Waals surface area (Å²) in [6.45, 7) is 7.58. The maximum absolute atomic E-state index is 10.2. The maximum atomic E-state index is 10.2. The van der Waals surface area contributed by atoms with Gasteiger partial charge in [0, 0.05) is 9.99 Å². The first-order chi connectivity index (χ1) is 6.42. The Bertz CT molecular complexity index is 325. The van der Waals surface area contributed by atoms with Gasteiger partial charge in [-0.3, -0.25) is 0 Å². The third-order valence-electron chi connectivity index (χ3n) is 2.11. The highest BCUT2D eigenvalue weighted by Gasteiger charge is 2.22. The van der Waals surface area contributed by atoms with Crippen LogP contribution in [0.4, 0.5) is 0 Å². The summed E-state index contributed by atoms with van der Waals surface area (Å²) in [6, 6.07) is 7.93. The van der Waals surface area contributed by atoms with Crippen molar-refractivity contribution < 1.29 is 5.11 Å². The van der Waals surface area contributed by atoms with Gasteiger partial charge in [-0.05, 0) is 54.1 Å². The fourth-order valence-electron chi connectivity index (χ4n) is 1.50. The van der Waals surface area contributed by atoms with Crippen LogP contribution in [0.5, 0.6) is 0 Å². The summed E-state index contributed by atoms with van der Waals surface area (Å²) in [4.78, 5) is 0. The number of benzene rings is 1. The molecule has 2 heteroatoms. The minimum atomic E-state index is -0.795. The Kier molecular flexibility index (Phi) is 3.72. The van der Waals surface area contributed by atoms with Crippen molar-refractivity contribution in [3.05, 3.63) is 45.6 Å². The van der Waals surface area contributed by atoms with Gasteiger partial charge in [0.25, 0.3) is 0 Å². The van der Waals surface area contributed by atoms with Crippen LogP contribution in [0, 0.1) is 3.57 Å². The average Bonchev–Trinajstić information content (AvgIpc) is 2.02.